The Kier molecular flexibility index (Phi) is 6.33. The number of phenols is 1. The lowest BCUT2D eigenvalue weighted by Gasteiger charge is -2.59. The molecule has 42 heavy (non-hydrogen) atoms. The number of rotatable bonds is 6. The molecule has 7 nitrogen and oxygen atoms in total. The van der Waals surface area contributed by atoms with Gasteiger partial charge in [0, 0.05) is 22.3 Å². The quantitative estimate of drug-likeness (QED) is 0.303. The largest absolute Gasteiger partial charge is 0.508 e. The van der Waals surface area contributed by atoms with Gasteiger partial charge in [-0.25, -0.2) is 0 Å². The molecule has 222 valence electrons. The van der Waals surface area contributed by atoms with Gasteiger partial charge in [-0.3, -0.25) is 14.4 Å². The highest BCUT2D eigenvalue weighted by atomic mass is 16.3. The van der Waals surface area contributed by atoms with Crippen molar-refractivity contribution < 1.29 is 34.8 Å². The molecule has 0 aliphatic heterocycles. The zero-order valence-corrected chi connectivity index (χ0v) is 25.0. The zero-order valence-electron chi connectivity index (χ0n) is 25.0. The molecule has 5 aliphatic rings. The van der Waals surface area contributed by atoms with Crippen molar-refractivity contribution >= 4 is 28.7 Å². The third-order valence-electron chi connectivity index (χ3n) is 10.7. The minimum Gasteiger partial charge on any atom is -0.508 e. The highest BCUT2D eigenvalue weighted by Gasteiger charge is 2.72. The molecule has 2 saturated carbocycles. The molecule has 0 amide bonds. The van der Waals surface area contributed by atoms with Crippen LogP contribution in [-0.2, 0) is 20.8 Å². The first kappa shape index (κ1) is 28.7. The average molecular weight is 573 g/mol. The van der Waals surface area contributed by atoms with Crippen molar-refractivity contribution in [3.63, 3.8) is 0 Å². The fraction of sp³-hybridized carbons (Fsp3) is 0.514. The van der Waals surface area contributed by atoms with Crippen LogP contribution in [0, 0.1) is 28.6 Å². The first-order chi connectivity index (χ1) is 19.7. The van der Waals surface area contributed by atoms with Gasteiger partial charge in [0.15, 0.2) is 17.2 Å². The van der Waals surface area contributed by atoms with Gasteiger partial charge in [-0.2, -0.15) is 0 Å². The van der Waals surface area contributed by atoms with Gasteiger partial charge >= 0.3 is 0 Å². The van der Waals surface area contributed by atoms with E-state index in [0.717, 1.165) is 42.4 Å². The molecular weight excluding hydrogens is 532 g/mol. The van der Waals surface area contributed by atoms with Gasteiger partial charge in [0.05, 0.1) is 5.56 Å². The van der Waals surface area contributed by atoms with Crippen molar-refractivity contribution in [2.75, 3.05) is 0 Å². The van der Waals surface area contributed by atoms with E-state index in [-0.39, 0.29) is 35.6 Å². The van der Waals surface area contributed by atoms with E-state index in [9.17, 15) is 34.8 Å². The number of hydrogen-bond acceptors (Lipinski definition) is 7. The fourth-order valence-corrected chi connectivity index (χ4v) is 8.75. The normalized spacial score (nSPS) is 32.5. The smallest absolute Gasteiger partial charge is 0.203 e. The maximum Gasteiger partial charge on any atom is 0.203 e. The predicted octanol–water partition coefficient (Wildman–Crippen LogP) is 6.09. The summed E-state index contributed by atoms with van der Waals surface area (Å²) in [5.74, 6) is -4.26. The zero-order chi connectivity index (χ0) is 30.5. The summed E-state index contributed by atoms with van der Waals surface area (Å²) in [6.07, 6.45) is 10.3. The second-order valence-corrected chi connectivity index (χ2v) is 14.1. The predicted molar refractivity (Wildman–Crippen MR) is 158 cm³/mol. The lowest BCUT2D eigenvalue weighted by molar-refractivity contribution is -0.178. The van der Waals surface area contributed by atoms with E-state index in [1.807, 2.05) is 13.0 Å². The Labute approximate surface area is 246 Å². The number of carbonyl (C=O) groups excluding carboxylic acids is 3. The van der Waals surface area contributed by atoms with Crippen molar-refractivity contribution in [2.24, 2.45) is 28.6 Å². The molecule has 6 rings (SSSR count). The van der Waals surface area contributed by atoms with Crippen LogP contribution < -0.4 is 0 Å². The molecule has 0 radical (unpaired) electrons. The Bertz CT molecular complexity index is 1580. The molecule has 0 bridgehead atoms. The molecule has 0 saturated heterocycles. The first-order valence-corrected chi connectivity index (χ1v) is 15.1. The van der Waals surface area contributed by atoms with Crippen LogP contribution in [0.5, 0.6) is 5.75 Å². The van der Waals surface area contributed by atoms with Crippen LogP contribution >= 0.6 is 0 Å². The number of Topliss-reactive ketones (excluding diaryl/α,β-unsaturated/α-hetero) is 3. The minimum absolute atomic E-state index is 0.0872. The van der Waals surface area contributed by atoms with Crippen LogP contribution in [0.15, 0.2) is 46.8 Å². The molecule has 4 atom stereocenters. The van der Waals surface area contributed by atoms with E-state index in [1.54, 1.807) is 20.8 Å². The van der Waals surface area contributed by atoms with E-state index in [0.29, 0.717) is 0 Å². The number of carbonyl (C=O) groups is 3. The van der Waals surface area contributed by atoms with Crippen molar-refractivity contribution in [2.45, 2.75) is 85.2 Å². The highest BCUT2D eigenvalue weighted by Crippen LogP contribution is 2.65. The summed E-state index contributed by atoms with van der Waals surface area (Å²) in [5.41, 5.74) is -1.55. The molecule has 5 aliphatic carbocycles. The Balaban J connectivity index is 1.50. The van der Waals surface area contributed by atoms with E-state index >= 15 is 0 Å². The summed E-state index contributed by atoms with van der Waals surface area (Å²) in [7, 11) is 0. The summed E-state index contributed by atoms with van der Waals surface area (Å²) in [6.45, 7) is 8.20. The number of allylic oxidation sites excluding steroid dienone is 5. The number of ketones is 3. The molecule has 7 heteroatoms. The number of aromatic hydroxyl groups is 1. The summed E-state index contributed by atoms with van der Waals surface area (Å²) < 4.78 is 0. The lowest BCUT2D eigenvalue weighted by atomic mass is 9.43. The second kappa shape index (κ2) is 9.27. The maximum absolute atomic E-state index is 14.4. The summed E-state index contributed by atoms with van der Waals surface area (Å²) in [5, 5.41) is 46.2. The van der Waals surface area contributed by atoms with Crippen LogP contribution in [0.1, 0.15) is 89.8 Å². The molecule has 0 spiro atoms. The third kappa shape index (κ3) is 3.78. The van der Waals surface area contributed by atoms with Gasteiger partial charge in [-0.1, -0.05) is 64.3 Å². The van der Waals surface area contributed by atoms with Crippen molar-refractivity contribution in [3.05, 3.63) is 63.5 Å². The highest BCUT2D eigenvalue weighted by molar-refractivity contribution is 6.24. The third-order valence-corrected chi connectivity index (χ3v) is 10.7. The molecule has 2 fully saturated rings. The van der Waals surface area contributed by atoms with E-state index in [2.05, 4.69) is 12.2 Å². The fourth-order valence-electron chi connectivity index (χ4n) is 8.75. The summed E-state index contributed by atoms with van der Waals surface area (Å²) >= 11 is 0. The van der Waals surface area contributed by atoms with Crippen LogP contribution in [0.3, 0.4) is 0 Å². The summed E-state index contributed by atoms with van der Waals surface area (Å²) in [4.78, 5) is 40.7. The van der Waals surface area contributed by atoms with E-state index < -0.39 is 56.8 Å². The Hall–Kier alpha value is -3.45. The second-order valence-electron chi connectivity index (χ2n) is 14.1. The number of aliphatic hydroxyl groups is 3. The van der Waals surface area contributed by atoms with Crippen molar-refractivity contribution in [1.82, 2.24) is 0 Å². The van der Waals surface area contributed by atoms with Crippen molar-refractivity contribution in [1.29, 1.82) is 0 Å². The Morgan fingerprint density at radius 1 is 1.07 bits per heavy atom. The molecule has 0 heterocycles. The van der Waals surface area contributed by atoms with Crippen LogP contribution in [0.4, 0.5) is 0 Å². The monoisotopic (exact) mass is 572 g/mol. The molecule has 1 aromatic carbocycles. The molecule has 1 unspecified atom stereocenters. The molecule has 1 aromatic rings. The standard InChI is InChI=1S/C35H40O7/c1-17(2)27-29(38)25(18(3)36)31(40)35(42)32(41)28-30(39)26-23(15-33(28,4)16-34(27,35)5)22(12-13-24(26)37)21-11-10-20(14-21)9-8-19-6-7-19/h10-13,17,19,27,37,39-40,42H,6-9,14-16H2,1-5H3/t27?,33-,34-,35+/m1/s1. The first-order valence-electron chi connectivity index (χ1n) is 15.1. The minimum atomic E-state index is -2.60. The van der Waals surface area contributed by atoms with Crippen LogP contribution in [0.25, 0.3) is 11.3 Å². The van der Waals surface area contributed by atoms with Gasteiger partial charge in [0.25, 0.3) is 0 Å². The number of aliphatic hydroxyl groups excluding tert-OH is 2. The Morgan fingerprint density at radius 2 is 1.76 bits per heavy atom. The summed E-state index contributed by atoms with van der Waals surface area (Å²) in [6, 6.07) is 3.37. The Morgan fingerprint density at radius 3 is 2.38 bits per heavy atom. The maximum atomic E-state index is 14.4. The topological polar surface area (TPSA) is 132 Å². The van der Waals surface area contributed by atoms with Crippen molar-refractivity contribution in [3.8, 4) is 5.75 Å². The van der Waals surface area contributed by atoms with E-state index in [1.165, 1.54) is 30.9 Å². The van der Waals surface area contributed by atoms with E-state index in [4.69, 9.17) is 0 Å². The SMILES string of the molecule is CC(=O)C1=C(O)[C@]2(O)C(=O)C3=C(O)c4c(O)ccc(C5=CC=C(CCC6CC6)C5)c4C[C@]3(C)C[C@]2(C)C(C(C)C)C1=O. The van der Waals surface area contributed by atoms with Gasteiger partial charge in [-0.15, -0.1) is 0 Å². The number of phenolic OH excluding ortho intramolecular Hbond substituents is 1. The van der Waals surface area contributed by atoms with Gasteiger partial charge in [-0.05, 0) is 73.6 Å². The van der Waals surface area contributed by atoms with Gasteiger partial charge in [0.1, 0.15) is 22.8 Å². The molecule has 0 aromatic heterocycles. The number of hydrogen-bond donors (Lipinski definition) is 4. The van der Waals surface area contributed by atoms with Gasteiger partial charge < -0.3 is 20.4 Å². The molecular formula is C35H40O7. The molecule has 4 N–H and O–H groups in total. The number of benzene rings is 1. The average Bonchev–Trinajstić information content (AvgIpc) is 3.60. The van der Waals surface area contributed by atoms with Crippen LogP contribution in [-0.4, -0.2) is 43.4 Å². The van der Waals surface area contributed by atoms with Crippen LogP contribution in [0.2, 0.25) is 0 Å². The van der Waals surface area contributed by atoms with Gasteiger partial charge in [0.2, 0.25) is 5.78 Å². The number of fused-ring (bicyclic) bond motifs is 3. The lowest BCUT2D eigenvalue weighted by Crippen LogP contribution is -2.69.